The summed E-state index contributed by atoms with van der Waals surface area (Å²) in [5.41, 5.74) is 8.53. The molecule has 0 aliphatic heterocycles. The molecule has 0 aromatic heterocycles. The Morgan fingerprint density at radius 1 is 1.10 bits per heavy atom. The number of rotatable bonds is 4. The van der Waals surface area contributed by atoms with Crippen molar-refractivity contribution in [2.45, 2.75) is 4.90 Å². The summed E-state index contributed by atoms with van der Waals surface area (Å²) in [6.07, 6.45) is 0. The summed E-state index contributed by atoms with van der Waals surface area (Å²) in [6, 6.07) is 10.1. The minimum atomic E-state index is -4.27. The predicted molar refractivity (Wildman–Crippen MR) is 76.2 cm³/mol. The van der Waals surface area contributed by atoms with E-state index in [0.717, 1.165) is 0 Å². The second kappa shape index (κ2) is 5.90. The van der Waals surface area contributed by atoms with E-state index in [1.165, 1.54) is 31.4 Å². The molecule has 2 aromatic carbocycles. The van der Waals surface area contributed by atoms with Crippen molar-refractivity contribution in [1.82, 2.24) is 5.73 Å². The number of hydrogen-bond donors (Lipinski definition) is 1. The molecule has 0 aliphatic carbocycles. The SMILES string of the molecule is COc1cc(/N=N/c2cccc(S(=O)(=O)O)c2)ccc1[NH]. The van der Waals surface area contributed by atoms with E-state index in [4.69, 9.17) is 15.0 Å². The zero-order chi connectivity index (χ0) is 15.5. The van der Waals surface area contributed by atoms with Crippen molar-refractivity contribution >= 4 is 27.2 Å². The van der Waals surface area contributed by atoms with Crippen LogP contribution in [-0.4, -0.2) is 20.1 Å². The van der Waals surface area contributed by atoms with Crippen molar-refractivity contribution < 1.29 is 17.7 Å². The van der Waals surface area contributed by atoms with Crippen LogP contribution in [0.2, 0.25) is 0 Å². The van der Waals surface area contributed by atoms with E-state index in [1.54, 1.807) is 18.2 Å². The fourth-order valence-corrected chi connectivity index (χ4v) is 2.08. The summed E-state index contributed by atoms with van der Waals surface area (Å²) < 4.78 is 36.0. The van der Waals surface area contributed by atoms with E-state index in [0.29, 0.717) is 11.4 Å². The van der Waals surface area contributed by atoms with Gasteiger partial charge in [0, 0.05) is 6.07 Å². The van der Waals surface area contributed by atoms with E-state index in [-0.39, 0.29) is 16.3 Å². The van der Waals surface area contributed by atoms with Gasteiger partial charge in [-0.1, -0.05) is 6.07 Å². The first kappa shape index (κ1) is 14.9. The highest BCUT2D eigenvalue weighted by molar-refractivity contribution is 7.85. The summed E-state index contributed by atoms with van der Waals surface area (Å²) in [5, 5.41) is 7.82. The molecule has 0 saturated carbocycles. The summed E-state index contributed by atoms with van der Waals surface area (Å²) in [7, 11) is -2.82. The van der Waals surface area contributed by atoms with Crippen molar-refractivity contribution in [3.63, 3.8) is 0 Å². The molecule has 0 saturated heterocycles. The summed E-state index contributed by atoms with van der Waals surface area (Å²) >= 11 is 0. The second-order valence-corrected chi connectivity index (χ2v) is 5.48. The van der Waals surface area contributed by atoms with Crippen molar-refractivity contribution in [2.75, 3.05) is 7.11 Å². The third-order valence-electron chi connectivity index (χ3n) is 2.58. The minimum Gasteiger partial charge on any atom is -0.494 e. The zero-order valence-electron chi connectivity index (χ0n) is 11.0. The summed E-state index contributed by atoms with van der Waals surface area (Å²) in [6.45, 7) is 0. The highest BCUT2D eigenvalue weighted by atomic mass is 32.2. The lowest BCUT2D eigenvalue weighted by molar-refractivity contribution is 0.416. The van der Waals surface area contributed by atoms with Crippen LogP contribution in [0.15, 0.2) is 57.6 Å². The quantitative estimate of drug-likeness (QED) is 0.689. The van der Waals surface area contributed by atoms with Crippen LogP contribution in [-0.2, 0) is 10.1 Å². The molecular weight excluding hydrogens is 294 g/mol. The van der Waals surface area contributed by atoms with Crippen LogP contribution in [0.5, 0.6) is 5.75 Å². The molecule has 0 fully saturated rings. The van der Waals surface area contributed by atoms with E-state index >= 15 is 0 Å². The zero-order valence-corrected chi connectivity index (χ0v) is 11.8. The number of hydrogen-bond acceptors (Lipinski definition) is 5. The summed E-state index contributed by atoms with van der Waals surface area (Å²) in [5.74, 6) is 0.359. The highest BCUT2D eigenvalue weighted by Gasteiger charge is 2.09. The Hall–Kier alpha value is -2.45. The molecule has 21 heavy (non-hydrogen) atoms. The second-order valence-electron chi connectivity index (χ2n) is 4.06. The number of nitrogens with zero attached hydrogens (tertiary/aromatic N) is 2. The Balaban J connectivity index is 2.30. The first-order valence-electron chi connectivity index (χ1n) is 5.79. The van der Waals surface area contributed by atoms with E-state index in [1.807, 2.05) is 0 Å². The van der Waals surface area contributed by atoms with Gasteiger partial charge in [0.1, 0.15) is 5.75 Å². The topological polar surface area (TPSA) is 112 Å². The van der Waals surface area contributed by atoms with Crippen LogP contribution in [0.25, 0.3) is 0 Å². The summed E-state index contributed by atoms with van der Waals surface area (Å²) in [4.78, 5) is -0.252. The Bertz CT molecular complexity index is 788. The molecule has 0 bridgehead atoms. The molecule has 109 valence electrons. The molecule has 2 rings (SSSR count). The molecule has 2 N–H and O–H groups in total. The van der Waals surface area contributed by atoms with Gasteiger partial charge >= 0.3 is 0 Å². The number of nitrogens with one attached hydrogen (secondary N) is 1. The van der Waals surface area contributed by atoms with Crippen molar-refractivity contribution in [2.24, 2.45) is 10.2 Å². The van der Waals surface area contributed by atoms with E-state index < -0.39 is 10.1 Å². The molecule has 7 nitrogen and oxygen atoms in total. The van der Waals surface area contributed by atoms with Gasteiger partial charge in [-0.3, -0.25) is 10.3 Å². The van der Waals surface area contributed by atoms with Crippen LogP contribution in [0.1, 0.15) is 0 Å². The molecule has 2 aromatic rings. The molecule has 0 heterocycles. The van der Waals surface area contributed by atoms with Crippen molar-refractivity contribution in [1.29, 1.82) is 0 Å². The third-order valence-corrected chi connectivity index (χ3v) is 3.43. The average molecular weight is 306 g/mol. The van der Waals surface area contributed by atoms with Crippen LogP contribution in [0.3, 0.4) is 0 Å². The molecule has 0 aliphatic rings. The maximum Gasteiger partial charge on any atom is 0.294 e. The predicted octanol–water partition coefficient (Wildman–Crippen LogP) is 3.27. The lowest BCUT2D eigenvalue weighted by Gasteiger charge is -2.03. The molecule has 8 heteroatoms. The number of azo groups is 1. The monoisotopic (exact) mass is 306 g/mol. The van der Waals surface area contributed by atoms with E-state index in [2.05, 4.69) is 10.2 Å². The Kier molecular flexibility index (Phi) is 4.20. The fraction of sp³-hybridized carbons (Fsp3) is 0.0769. The van der Waals surface area contributed by atoms with Gasteiger partial charge in [-0.05, 0) is 30.3 Å². The highest BCUT2D eigenvalue weighted by Crippen LogP contribution is 2.29. The normalized spacial score (nSPS) is 11.7. The van der Waals surface area contributed by atoms with Gasteiger partial charge in [0.15, 0.2) is 0 Å². The van der Waals surface area contributed by atoms with Crippen LogP contribution >= 0.6 is 0 Å². The van der Waals surface area contributed by atoms with Crippen molar-refractivity contribution in [3.05, 3.63) is 42.5 Å². The van der Waals surface area contributed by atoms with E-state index in [9.17, 15) is 8.42 Å². The fourth-order valence-electron chi connectivity index (χ4n) is 1.56. The molecular formula is C13H12N3O4S. The van der Waals surface area contributed by atoms with Crippen LogP contribution in [0.4, 0.5) is 17.1 Å². The van der Waals surface area contributed by atoms with Gasteiger partial charge in [-0.25, -0.2) is 0 Å². The molecule has 0 unspecified atom stereocenters. The average Bonchev–Trinajstić information content (AvgIpc) is 2.46. The van der Waals surface area contributed by atoms with Crippen LogP contribution < -0.4 is 10.5 Å². The van der Waals surface area contributed by atoms with Gasteiger partial charge in [0.25, 0.3) is 10.1 Å². The minimum absolute atomic E-state index is 0.227. The number of ether oxygens (including phenoxy) is 1. The molecule has 0 spiro atoms. The van der Waals surface area contributed by atoms with Gasteiger partial charge < -0.3 is 4.74 Å². The van der Waals surface area contributed by atoms with Crippen LogP contribution in [0, 0.1) is 0 Å². The van der Waals surface area contributed by atoms with Crippen molar-refractivity contribution in [3.8, 4) is 5.75 Å². The van der Waals surface area contributed by atoms with Gasteiger partial charge in [-0.15, -0.1) is 0 Å². The maximum atomic E-state index is 11.0. The smallest absolute Gasteiger partial charge is 0.294 e. The standard InChI is InChI=1S/C13H12N3O4S/c1-20-13-8-10(5-6-12(13)14)16-15-9-3-2-4-11(7-9)21(17,18)19/h2-8,14H,1H3,(H,17,18,19)/b16-15+. The molecule has 0 atom stereocenters. The first-order chi connectivity index (χ1) is 9.90. The maximum absolute atomic E-state index is 11.0. The Morgan fingerprint density at radius 2 is 1.76 bits per heavy atom. The molecule has 0 amide bonds. The Labute approximate surface area is 121 Å². The Morgan fingerprint density at radius 3 is 2.38 bits per heavy atom. The lowest BCUT2D eigenvalue weighted by atomic mass is 10.2. The van der Waals surface area contributed by atoms with Gasteiger partial charge in [0.05, 0.1) is 29.1 Å². The first-order valence-corrected chi connectivity index (χ1v) is 7.23. The molecule has 1 radical (unpaired) electrons. The lowest BCUT2D eigenvalue weighted by Crippen LogP contribution is -1.96. The van der Waals surface area contributed by atoms with Gasteiger partial charge in [-0.2, -0.15) is 18.6 Å². The van der Waals surface area contributed by atoms with Gasteiger partial charge in [0.2, 0.25) is 0 Å². The number of benzene rings is 2. The third kappa shape index (κ3) is 3.77. The largest absolute Gasteiger partial charge is 0.494 e. The number of methoxy groups -OCH3 is 1.